The number of nitriles is 1. The zero-order valence-corrected chi connectivity index (χ0v) is 12.2. The molecule has 0 radical (unpaired) electrons. The summed E-state index contributed by atoms with van der Waals surface area (Å²) in [4.78, 5) is 14.2. The molecule has 0 N–H and O–H groups in total. The van der Waals surface area contributed by atoms with E-state index in [1.165, 1.54) is 0 Å². The molecule has 4 heteroatoms. The lowest BCUT2D eigenvalue weighted by Gasteiger charge is -2.26. The molecule has 4 nitrogen and oxygen atoms in total. The fourth-order valence-corrected chi connectivity index (χ4v) is 3.37. The normalized spacial score (nSPS) is 25.9. The number of hydrogen-bond acceptors (Lipinski definition) is 3. The maximum Gasteiger partial charge on any atom is 0.222 e. The van der Waals surface area contributed by atoms with Gasteiger partial charge in [0.25, 0.3) is 0 Å². The number of benzene rings is 1. The molecule has 0 unspecified atom stereocenters. The number of hydrogen-bond donors (Lipinski definition) is 0. The van der Waals surface area contributed by atoms with Crippen molar-refractivity contribution in [3.63, 3.8) is 0 Å². The van der Waals surface area contributed by atoms with Crippen LogP contribution >= 0.6 is 0 Å². The molecule has 1 aromatic carbocycles. The van der Waals surface area contributed by atoms with Crippen LogP contribution in [0.25, 0.3) is 0 Å². The van der Waals surface area contributed by atoms with Crippen molar-refractivity contribution in [2.45, 2.75) is 44.2 Å². The van der Waals surface area contributed by atoms with Crippen LogP contribution in [0.5, 0.6) is 0 Å². The number of ether oxygens (including phenoxy) is 1. The summed E-state index contributed by atoms with van der Waals surface area (Å²) in [5, 5.41) is 9.16. The van der Waals surface area contributed by atoms with Crippen molar-refractivity contribution in [3.8, 4) is 6.07 Å². The number of nitrogens with zero attached hydrogens (tertiary/aromatic N) is 2. The Morgan fingerprint density at radius 3 is 2.90 bits per heavy atom. The summed E-state index contributed by atoms with van der Waals surface area (Å²) in [5.41, 5.74) is 1.51. The molecule has 2 saturated heterocycles. The van der Waals surface area contributed by atoms with Crippen LogP contribution in [0.4, 0.5) is 0 Å². The van der Waals surface area contributed by atoms with Gasteiger partial charge in [0.2, 0.25) is 5.91 Å². The quantitative estimate of drug-likeness (QED) is 0.839. The number of amides is 1. The smallest absolute Gasteiger partial charge is 0.222 e. The predicted octanol–water partition coefficient (Wildman–Crippen LogP) is 2.62. The van der Waals surface area contributed by atoms with Gasteiger partial charge in [0, 0.05) is 26.1 Å². The summed E-state index contributed by atoms with van der Waals surface area (Å²) >= 11 is 0. The van der Waals surface area contributed by atoms with Gasteiger partial charge in [-0.15, -0.1) is 0 Å². The van der Waals surface area contributed by atoms with E-state index in [4.69, 9.17) is 10.00 Å². The van der Waals surface area contributed by atoms with Crippen LogP contribution in [0, 0.1) is 11.3 Å². The molecule has 0 saturated carbocycles. The van der Waals surface area contributed by atoms with Gasteiger partial charge >= 0.3 is 0 Å². The van der Waals surface area contributed by atoms with E-state index < -0.39 is 0 Å². The molecule has 2 heterocycles. The lowest BCUT2D eigenvalue weighted by atomic mass is 9.92. The van der Waals surface area contributed by atoms with E-state index in [9.17, 15) is 4.79 Å². The van der Waals surface area contributed by atoms with Crippen LogP contribution in [-0.4, -0.2) is 29.6 Å². The summed E-state index contributed by atoms with van der Waals surface area (Å²) < 4.78 is 5.92. The number of carbonyl (C=O) groups excluding carboxylic acids is 1. The Morgan fingerprint density at radius 2 is 2.14 bits per heavy atom. The van der Waals surface area contributed by atoms with Gasteiger partial charge in [0.15, 0.2) is 0 Å². The zero-order chi connectivity index (χ0) is 14.7. The van der Waals surface area contributed by atoms with Crippen molar-refractivity contribution < 1.29 is 9.53 Å². The third-order valence-electron chi connectivity index (χ3n) is 4.67. The molecular weight excluding hydrogens is 264 g/mol. The summed E-state index contributed by atoms with van der Waals surface area (Å²) in [6.45, 7) is 2.07. The van der Waals surface area contributed by atoms with Gasteiger partial charge in [0.05, 0.1) is 17.2 Å². The molecular formula is C17H20N2O2. The van der Waals surface area contributed by atoms with Crippen LogP contribution in [0.2, 0.25) is 0 Å². The Hall–Kier alpha value is -1.86. The molecule has 2 aliphatic heterocycles. The average molecular weight is 284 g/mol. The number of likely N-dealkylation sites (tertiary alicyclic amines) is 1. The Labute approximate surface area is 125 Å². The number of rotatable bonds is 2. The van der Waals surface area contributed by atoms with Crippen molar-refractivity contribution in [2.75, 3.05) is 13.2 Å². The maximum absolute atomic E-state index is 12.3. The van der Waals surface area contributed by atoms with Crippen molar-refractivity contribution in [1.82, 2.24) is 4.90 Å². The van der Waals surface area contributed by atoms with E-state index in [-0.39, 0.29) is 11.5 Å². The minimum absolute atomic E-state index is 0.0703. The first kappa shape index (κ1) is 14.1. The van der Waals surface area contributed by atoms with E-state index in [1.54, 1.807) is 6.07 Å². The summed E-state index contributed by atoms with van der Waals surface area (Å²) in [6, 6.07) is 9.71. The molecule has 1 atom stereocenters. The maximum atomic E-state index is 12.3. The highest BCUT2D eigenvalue weighted by Gasteiger charge is 2.38. The van der Waals surface area contributed by atoms with Crippen molar-refractivity contribution in [3.05, 3.63) is 35.4 Å². The van der Waals surface area contributed by atoms with E-state index in [0.29, 0.717) is 18.5 Å². The lowest BCUT2D eigenvalue weighted by Crippen LogP contribution is -2.32. The summed E-state index contributed by atoms with van der Waals surface area (Å²) in [6.07, 6.45) is 4.47. The molecule has 1 spiro atoms. The first-order chi connectivity index (χ1) is 10.2. The van der Waals surface area contributed by atoms with Crippen molar-refractivity contribution >= 4 is 5.91 Å². The van der Waals surface area contributed by atoms with Crippen LogP contribution in [0.15, 0.2) is 24.3 Å². The van der Waals surface area contributed by atoms with E-state index in [0.717, 1.165) is 44.4 Å². The van der Waals surface area contributed by atoms with Crippen LogP contribution in [0.1, 0.15) is 43.2 Å². The van der Waals surface area contributed by atoms with Gasteiger partial charge in [0.1, 0.15) is 0 Å². The van der Waals surface area contributed by atoms with Crippen molar-refractivity contribution in [1.29, 1.82) is 5.26 Å². The predicted molar refractivity (Wildman–Crippen MR) is 78.3 cm³/mol. The van der Waals surface area contributed by atoms with Gasteiger partial charge in [-0.3, -0.25) is 4.79 Å². The first-order valence-corrected chi connectivity index (χ1v) is 7.62. The van der Waals surface area contributed by atoms with E-state index >= 15 is 0 Å². The largest absolute Gasteiger partial charge is 0.375 e. The second-order valence-electron chi connectivity index (χ2n) is 5.97. The molecule has 21 heavy (non-hydrogen) atoms. The molecule has 1 amide bonds. The molecule has 1 aromatic rings. The third-order valence-corrected chi connectivity index (χ3v) is 4.67. The van der Waals surface area contributed by atoms with Gasteiger partial charge < -0.3 is 9.64 Å². The second kappa shape index (κ2) is 5.87. The van der Waals surface area contributed by atoms with Crippen LogP contribution in [0.3, 0.4) is 0 Å². The monoisotopic (exact) mass is 284 g/mol. The van der Waals surface area contributed by atoms with E-state index in [2.05, 4.69) is 6.07 Å². The molecule has 3 rings (SSSR count). The highest BCUT2D eigenvalue weighted by molar-refractivity contribution is 5.76. The first-order valence-electron chi connectivity index (χ1n) is 7.62. The number of carbonyl (C=O) groups is 1. The Bertz CT molecular complexity index is 570. The molecule has 2 fully saturated rings. The topological polar surface area (TPSA) is 53.3 Å². The van der Waals surface area contributed by atoms with Crippen LogP contribution in [-0.2, 0) is 16.1 Å². The SMILES string of the molecule is N#Cc1ccccc1CN1CC[C@@]2(CCCO2)CCC1=O. The Balaban J connectivity index is 1.73. The van der Waals surface area contributed by atoms with Gasteiger partial charge in [-0.1, -0.05) is 18.2 Å². The second-order valence-corrected chi connectivity index (χ2v) is 5.97. The molecule has 2 aliphatic rings. The molecule has 0 aliphatic carbocycles. The summed E-state index contributed by atoms with van der Waals surface area (Å²) in [7, 11) is 0. The highest BCUT2D eigenvalue weighted by atomic mass is 16.5. The molecule has 0 aromatic heterocycles. The Morgan fingerprint density at radius 1 is 1.29 bits per heavy atom. The fourth-order valence-electron chi connectivity index (χ4n) is 3.37. The lowest BCUT2D eigenvalue weighted by molar-refractivity contribution is -0.131. The fraction of sp³-hybridized carbons (Fsp3) is 0.529. The molecule has 0 bridgehead atoms. The minimum atomic E-state index is -0.0703. The summed E-state index contributed by atoms with van der Waals surface area (Å²) in [5.74, 6) is 0.176. The molecule has 110 valence electrons. The standard InChI is InChI=1S/C17H20N2O2/c18-12-14-4-1-2-5-15(14)13-19-10-9-17(7-3-11-21-17)8-6-16(19)20/h1-2,4-5H,3,6-11,13H2/t17-/m1/s1. The third kappa shape index (κ3) is 2.93. The Kier molecular flexibility index (Phi) is 3.94. The van der Waals surface area contributed by atoms with E-state index in [1.807, 2.05) is 23.1 Å². The van der Waals surface area contributed by atoms with Gasteiger partial charge in [-0.2, -0.15) is 5.26 Å². The van der Waals surface area contributed by atoms with Gasteiger partial charge in [-0.25, -0.2) is 0 Å². The van der Waals surface area contributed by atoms with Gasteiger partial charge in [-0.05, 0) is 37.3 Å². The zero-order valence-electron chi connectivity index (χ0n) is 12.2. The van der Waals surface area contributed by atoms with Crippen molar-refractivity contribution in [2.24, 2.45) is 0 Å². The highest BCUT2D eigenvalue weighted by Crippen LogP contribution is 2.36. The average Bonchev–Trinajstić information content (AvgIpc) is 2.92. The minimum Gasteiger partial charge on any atom is -0.375 e. The van der Waals surface area contributed by atoms with Crippen LogP contribution < -0.4 is 0 Å².